The Balaban J connectivity index is 1.55. The number of nitrogens with zero attached hydrogens (tertiary/aromatic N) is 2. The number of ether oxygens (including phenoxy) is 2. The standard InChI is InChI=1S/C29H24N2O5S/c1-15-4-6-18(7-5-15)25-23(26(32)19-8-9-20-21(14-19)36-11-10-35-20)27(33)28(34)31(25)29-30-24-17(3)12-16(2)13-22(24)37-29/h4-9,12-14,25,32H,10-11H2,1-3H3/b26-23+/t25-/m0/s1. The van der Waals surface area contributed by atoms with Crippen LogP contribution in [0.3, 0.4) is 0 Å². The molecule has 0 saturated carbocycles. The first-order valence-electron chi connectivity index (χ1n) is 12.0. The van der Waals surface area contributed by atoms with Crippen LogP contribution >= 0.6 is 11.3 Å². The Labute approximate surface area is 217 Å². The Bertz CT molecular complexity index is 1620. The highest BCUT2D eigenvalue weighted by molar-refractivity contribution is 7.22. The monoisotopic (exact) mass is 512 g/mol. The van der Waals surface area contributed by atoms with Crippen LogP contribution in [0.1, 0.15) is 33.9 Å². The van der Waals surface area contributed by atoms with Crippen LogP contribution in [0.5, 0.6) is 11.5 Å². The van der Waals surface area contributed by atoms with Crippen LogP contribution in [-0.2, 0) is 9.59 Å². The van der Waals surface area contributed by atoms with Crippen LogP contribution in [0, 0.1) is 20.8 Å². The Morgan fingerprint density at radius 3 is 2.43 bits per heavy atom. The van der Waals surface area contributed by atoms with Crippen molar-refractivity contribution in [3.8, 4) is 11.5 Å². The van der Waals surface area contributed by atoms with Gasteiger partial charge in [0.2, 0.25) is 0 Å². The molecule has 3 heterocycles. The summed E-state index contributed by atoms with van der Waals surface area (Å²) in [6.07, 6.45) is 0. The number of anilines is 1. The molecule has 1 amide bonds. The summed E-state index contributed by atoms with van der Waals surface area (Å²) in [4.78, 5) is 33.2. The molecule has 1 fully saturated rings. The van der Waals surface area contributed by atoms with Gasteiger partial charge in [0, 0.05) is 5.56 Å². The van der Waals surface area contributed by atoms with Crippen molar-refractivity contribution in [2.24, 2.45) is 0 Å². The van der Waals surface area contributed by atoms with Gasteiger partial charge < -0.3 is 14.6 Å². The molecule has 7 nitrogen and oxygen atoms in total. The number of rotatable bonds is 3. The van der Waals surface area contributed by atoms with E-state index in [0.29, 0.717) is 41.0 Å². The molecular formula is C29H24N2O5S. The molecule has 3 aromatic carbocycles. The van der Waals surface area contributed by atoms with E-state index in [4.69, 9.17) is 14.5 Å². The third-order valence-corrected chi connectivity index (χ3v) is 7.68. The molecule has 0 aliphatic carbocycles. The number of hydrogen-bond donors (Lipinski definition) is 1. The summed E-state index contributed by atoms with van der Waals surface area (Å²) in [5.74, 6) is -0.702. The lowest BCUT2D eigenvalue weighted by atomic mass is 9.94. The fourth-order valence-electron chi connectivity index (χ4n) is 4.90. The molecule has 6 rings (SSSR count). The van der Waals surface area contributed by atoms with Crippen molar-refractivity contribution < 1.29 is 24.2 Å². The van der Waals surface area contributed by atoms with Gasteiger partial charge in [-0.05, 0) is 61.7 Å². The number of carbonyl (C=O) groups is 2. The van der Waals surface area contributed by atoms with Crippen molar-refractivity contribution in [3.05, 3.63) is 88.0 Å². The molecule has 8 heteroatoms. The van der Waals surface area contributed by atoms with Gasteiger partial charge in [-0.2, -0.15) is 0 Å². The second-order valence-corrected chi connectivity index (χ2v) is 10.4. The van der Waals surface area contributed by atoms with Crippen LogP contribution in [0.2, 0.25) is 0 Å². The number of aromatic nitrogens is 1. The lowest BCUT2D eigenvalue weighted by molar-refractivity contribution is -0.132. The summed E-state index contributed by atoms with van der Waals surface area (Å²) < 4.78 is 12.2. The molecule has 0 unspecified atom stereocenters. The summed E-state index contributed by atoms with van der Waals surface area (Å²) in [5, 5.41) is 11.9. The predicted octanol–water partition coefficient (Wildman–Crippen LogP) is 5.62. The molecule has 4 aromatic rings. The van der Waals surface area contributed by atoms with Gasteiger partial charge in [0.25, 0.3) is 5.78 Å². The average molecular weight is 513 g/mol. The van der Waals surface area contributed by atoms with Crippen molar-refractivity contribution in [1.82, 2.24) is 4.98 Å². The first kappa shape index (κ1) is 23.2. The highest BCUT2D eigenvalue weighted by Gasteiger charge is 2.48. The number of hydrogen-bond acceptors (Lipinski definition) is 7. The number of fused-ring (bicyclic) bond motifs is 2. The zero-order valence-electron chi connectivity index (χ0n) is 20.6. The maximum Gasteiger partial charge on any atom is 0.301 e. The SMILES string of the molecule is Cc1ccc([C@H]2/C(=C(\O)c3ccc4c(c3)OCCO4)C(=O)C(=O)N2c2nc3c(C)cc(C)cc3s2)cc1. The molecule has 186 valence electrons. The molecular weight excluding hydrogens is 488 g/mol. The Kier molecular flexibility index (Phi) is 5.49. The van der Waals surface area contributed by atoms with E-state index < -0.39 is 17.7 Å². The average Bonchev–Trinajstić information content (AvgIpc) is 3.42. The first-order chi connectivity index (χ1) is 17.8. The van der Waals surface area contributed by atoms with Gasteiger partial charge in [0.05, 0.1) is 21.8 Å². The number of amides is 1. The first-order valence-corrected chi connectivity index (χ1v) is 12.8. The Morgan fingerprint density at radius 2 is 1.68 bits per heavy atom. The van der Waals surface area contributed by atoms with Crippen molar-refractivity contribution in [2.45, 2.75) is 26.8 Å². The molecule has 2 aliphatic rings. The maximum absolute atomic E-state index is 13.5. The number of Topliss-reactive ketones (excluding diaryl/α,β-unsaturated/α-hetero) is 1. The molecule has 1 aromatic heterocycles. The quantitative estimate of drug-likeness (QED) is 0.218. The molecule has 1 N–H and O–H groups in total. The number of thiazole rings is 1. The zero-order chi connectivity index (χ0) is 25.8. The number of aliphatic hydroxyl groups excluding tert-OH is 1. The molecule has 2 aliphatic heterocycles. The minimum Gasteiger partial charge on any atom is -0.507 e. The van der Waals surface area contributed by atoms with Gasteiger partial charge in [0.15, 0.2) is 16.6 Å². The number of benzene rings is 3. The highest BCUT2D eigenvalue weighted by Crippen LogP contribution is 2.45. The summed E-state index contributed by atoms with van der Waals surface area (Å²) in [6.45, 7) is 6.79. The van der Waals surface area contributed by atoms with E-state index in [9.17, 15) is 14.7 Å². The van der Waals surface area contributed by atoms with Gasteiger partial charge in [-0.1, -0.05) is 47.2 Å². The van der Waals surface area contributed by atoms with E-state index >= 15 is 0 Å². The second-order valence-electron chi connectivity index (χ2n) is 9.36. The van der Waals surface area contributed by atoms with Gasteiger partial charge in [0.1, 0.15) is 19.0 Å². The van der Waals surface area contributed by atoms with Crippen molar-refractivity contribution in [2.75, 3.05) is 18.1 Å². The lowest BCUT2D eigenvalue weighted by Gasteiger charge is -2.23. The largest absolute Gasteiger partial charge is 0.507 e. The summed E-state index contributed by atoms with van der Waals surface area (Å²) in [6, 6.07) is 15.8. The second kappa shape index (κ2) is 8.74. The molecule has 1 atom stereocenters. The van der Waals surface area contributed by atoms with Crippen molar-refractivity contribution in [3.63, 3.8) is 0 Å². The molecule has 37 heavy (non-hydrogen) atoms. The van der Waals surface area contributed by atoms with E-state index in [0.717, 1.165) is 26.9 Å². The Hall–Kier alpha value is -4.17. The lowest BCUT2D eigenvalue weighted by Crippen LogP contribution is -2.29. The molecule has 1 saturated heterocycles. The molecule has 0 spiro atoms. The normalized spacial score (nSPS) is 18.6. The number of aryl methyl sites for hydroxylation is 3. The predicted molar refractivity (Wildman–Crippen MR) is 142 cm³/mol. The minimum atomic E-state index is -0.837. The summed E-state index contributed by atoms with van der Waals surface area (Å²) in [5.41, 5.74) is 5.01. The van der Waals surface area contributed by atoms with E-state index in [1.165, 1.54) is 16.2 Å². The van der Waals surface area contributed by atoms with Gasteiger partial charge in [-0.3, -0.25) is 14.5 Å². The maximum atomic E-state index is 13.5. The minimum absolute atomic E-state index is 0.0117. The van der Waals surface area contributed by atoms with Gasteiger partial charge in [-0.25, -0.2) is 4.98 Å². The highest BCUT2D eigenvalue weighted by atomic mass is 32.1. The van der Waals surface area contributed by atoms with E-state index in [-0.39, 0.29) is 11.3 Å². The number of ketones is 1. The third-order valence-electron chi connectivity index (χ3n) is 6.68. The van der Waals surface area contributed by atoms with Crippen LogP contribution in [0.4, 0.5) is 5.13 Å². The van der Waals surface area contributed by atoms with Crippen LogP contribution < -0.4 is 14.4 Å². The van der Waals surface area contributed by atoms with Crippen LogP contribution in [-0.4, -0.2) is 35.0 Å². The Morgan fingerprint density at radius 1 is 0.946 bits per heavy atom. The van der Waals surface area contributed by atoms with E-state index in [2.05, 4.69) is 0 Å². The topological polar surface area (TPSA) is 89.0 Å². The van der Waals surface area contributed by atoms with Crippen molar-refractivity contribution >= 4 is 44.1 Å². The number of aliphatic hydroxyl groups is 1. The zero-order valence-corrected chi connectivity index (χ0v) is 21.4. The molecule has 0 bridgehead atoms. The van der Waals surface area contributed by atoms with Gasteiger partial charge in [-0.15, -0.1) is 0 Å². The molecule has 0 radical (unpaired) electrons. The van der Waals surface area contributed by atoms with Crippen LogP contribution in [0.25, 0.3) is 16.0 Å². The third kappa shape index (κ3) is 3.84. The number of carbonyl (C=O) groups excluding carboxylic acids is 2. The van der Waals surface area contributed by atoms with E-state index in [1.54, 1.807) is 18.2 Å². The van der Waals surface area contributed by atoms with Gasteiger partial charge >= 0.3 is 5.91 Å². The fraction of sp³-hybridized carbons (Fsp3) is 0.207. The summed E-state index contributed by atoms with van der Waals surface area (Å²) in [7, 11) is 0. The smallest absolute Gasteiger partial charge is 0.301 e. The van der Waals surface area contributed by atoms with Crippen LogP contribution in [0.15, 0.2) is 60.2 Å². The van der Waals surface area contributed by atoms with E-state index in [1.807, 2.05) is 57.2 Å². The fourth-order valence-corrected chi connectivity index (χ4v) is 6.07. The van der Waals surface area contributed by atoms with Crippen molar-refractivity contribution in [1.29, 1.82) is 0 Å². The summed E-state index contributed by atoms with van der Waals surface area (Å²) >= 11 is 1.36.